The van der Waals surface area contributed by atoms with E-state index in [0.717, 1.165) is 24.8 Å². The fourth-order valence-corrected chi connectivity index (χ4v) is 2.58. The Morgan fingerprint density at radius 1 is 1.21 bits per heavy atom. The first-order valence-corrected chi connectivity index (χ1v) is 6.70. The summed E-state index contributed by atoms with van der Waals surface area (Å²) in [7, 11) is 0. The number of likely N-dealkylation sites (tertiary alicyclic amines) is 1. The summed E-state index contributed by atoms with van der Waals surface area (Å²) in [4.78, 5) is 25.4. The van der Waals surface area contributed by atoms with Gasteiger partial charge < -0.3 is 10.0 Å². The molecule has 0 aromatic heterocycles. The zero-order chi connectivity index (χ0) is 13.8. The van der Waals surface area contributed by atoms with Crippen molar-refractivity contribution in [2.45, 2.75) is 38.6 Å². The van der Waals surface area contributed by atoms with Crippen LogP contribution in [-0.2, 0) is 4.79 Å². The molecule has 1 aliphatic heterocycles. The minimum absolute atomic E-state index is 0.160. The number of rotatable bonds is 2. The second-order valence-corrected chi connectivity index (χ2v) is 5.02. The van der Waals surface area contributed by atoms with Gasteiger partial charge >= 0.3 is 5.97 Å². The SMILES string of the molecule is Cc1ccccc1C(=O)N1CCCCCC1C(=O)O. The summed E-state index contributed by atoms with van der Waals surface area (Å²) < 4.78 is 0. The van der Waals surface area contributed by atoms with E-state index in [9.17, 15) is 14.7 Å². The maximum absolute atomic E-state index is 12.6. The Morgan fingerprint density at radius 3 is 2.63 bits per heavy atom. The first kappa shape index (κ1) is 13.6. The van der Waals surface area contributed by atoms with Gasteiger partial charge in [-0.25, -0.2) is 4.79 Å². The Kier molecular flexibility index (Phi) is 4.20. The number of amides is 1. The number of carbonyl (C=O) groups is 2. The van der Waals surface area contributed by atoms with Gasteiger partial charge in [-0.05, 0) is 31.4 Å². The van der Waals surface area contributed by atoms with E-state index >= 15 is 0 Å². The van der Waals surface area contributed by atoms with Gasteiger partial charge in [0.15, 0.2) is 0 Å². The van der Waals surface area contributed by atoms with Gasteiger partial charge in [0.1, 0.15) is 6.04 Å². The van der Waals surface area contributed by atoms with Crippen molar-refractivity contribution in [2.24, 2.45) is 0 Å². The number of aliphatic carboxylic acids is 1. The highest BCUT2D eigenvalue weighted by atomic mass is 16.4. The zero-order valence-electron chi connectivity index (χ0n) is 11.1. The lowest BCUT2D eigenvalue weighted by Crippen LogP contribution is -2.44. The van der Waals surface area contributed by atoms with Crippen molar-refractivity contribution in [1.82, 2.24) is 4.90 Å². The highest BCUT2D eigenvalue weighted by molar-refractivity contribution is 5.97. The maximum Gasteiger partial charge on any atom is 0.326 e. The predicted molar refractivity (Wildman–Crippen MR) is 72.1 cm³/mol. The van der Waals surface area contributed by atoms with E-state index in [4.69, 9.17) is 0 Å². The molecule has 1 aromatic carbocycles. The van der Waals surface area contributed by atoms with E-state index < -0.39 is 12.0 Å². The number of nitrogens with zero attached hydrogens (tertiary/aromatic N) is 1. The first-order chi connectivity index (χ1) is 9.11. The third-order valence-electron chi connectivity index (χ3n) is 3.67. The Morgan fingerprint density at radius 2 is 1.95 bits per heavy atom. The quantitative estimate of drug-likeness (QED) is 0.889. The fourth-order valence-electron chi connectivity index (χ4n) is 2.58. The van der Waals surface area contributed by atoms with Crippen LogP contribution in [0.25, 0.3) is 0 Å². The zero-order valence-corrected chi connectivity index (χ0v) is 11.1. The molecule has 4 nitrogen and oxygen atoms in total. The van der Waals surface area contributed by atoms with Crippen molar-refractivity contribution in [2.75, 3.05) is 6.54 Å². The lowest BCUT2D eigenvalue weighted by atomic mass is 10.1. The first-order valence-electron chi connectivity index (χ1n) is 6.70. The normalized spacial score (nSPS) is 19.8. The van der Waals surface area contributed by atoms with Crippen molar-refractivity contribution < 1.29 is 14.7 Å². The van der Waals surface area contributed by atoms with E-state index in [2.05, 4.69) is 0 Å². The number of carboxylic acids is 1. The van der Waals surface area contributed by atoms with Crippen LogP contribution in [0.5, 0.6) is 0 Å². The summed E-state index contributed by atoms with van der Waals surface area (Å²) >= 11 is 0. The van der Waals surface area contributed by atoms with Crippen molar-refractivity contribution in [3.05, 3.63) is 35.4 Å². The van der Waals surface area contributed by atoms with Gasteiger partial charge in [0.2, 0.25) is 0 Å². The van der Waals surface area contributed by atoms with E-state index in [1.165, 1.54) is 4.90 Å². The van der Waals surface area contributed by atoms with Gasteiger partial charge in [-0.2, -0.15) is 0 Å². The monoisotopic (exact) mass is 261 g/mol. The summed E-state index contributed by atoms with van der Waals surface area (Å²) in [5, 5.41) is 9.30. The minimum Gasteiger partial charge on any atom is -0.480 e. The average molecular weight is 261 g/mol. The molecule has 1 unspecified atom stereocenters. The van der Waals surface area contributed by atoms with Crippen LogP contribution in [-0.4, -0.2) is 34.5 Å². The van der Waals surface area contributed by atoms with Crippen LogP contribution in [0, 0.1) is 6.92 Å². The van der Waals surface area contributed by atoms with Crippen molar-refractivity contribution in [3.63, 3.8) is 0 Å². The molecule has 1 aromatic rings. The van der Waals surface area contributed by atoms with Gasteiger partial charge in [-0.3, -0.25) is 4.79 Å². The van der Waals surface area contributed by atoms with Crippen LogP contribution in [0.3, 0.4) is 0 Å². The largest absolute Gasteiger partial charge is 0.480 e. The highest BCUT2D eigenvalue weighted by Gasteiger charge is 2.31. The Balaban J connectivity index is 2.29. The minimum atomic E-state index is -0.899. The Labute approximate surface area is 113 Å². The van der Waals surface area contributed by atoms with Gasteiger partial charge in [-0.15, -0.1) is 0 Å². The molecule has 0 spiro atoms. The summed E-state index contributed by atoms with van der Waals surface area (Å²) in [6, 6.07) is 6.65. The summed E-state index contributed by atoms with van der Waals surface area (Å²) in [6.45, 7) is 2.41. The van der Waals surface area contributed by atoms with Gasteiger partial charge in [0.05, 0.1) is 0 Å². The summed E-state index contributed by atoms with van der Waals surface area (Å²) in [5.41, 5.74) is 1.50. The predicted octanol–water partition coefficient (Wildman–Crippen LogP) is 2.46. The molecule has 0 saturated carbocycles. The van der Waals surface area contributed by atoms with Gasteiger partial charge in [0, 0.05) is 12.1 Å². The summed E-state index contributed by atoms with van der Waals surface area (Å²) in [6.07, 6.45) is 3.28. The second-order valence-electron chi connectivity index (χ2n) is 5.02. The van der Waals surface area contributed by atoms with Crippen LogP contribution in [0.15, 0.2) is 24.3 Å². The van der Waals surface area contributed by atoms with Gasteiger partial charge in [-0.1, -0.05) is 31.0 Å². The molecule has 4 heteroatoms. The molecule has 1 heterocycles. The third-order valence-corrected chi connectivity index (χ3v) is 3.67. The number of hydrogen-bond acceptors (Lipinski definition) is 2. The Bertz CT molecular complexity index is 484. The third kappa shape index (κ3) is 2.95. The second kappa shape index (κ2) is 5.87. The van der Waals surface area contributed by atoms with Crippen molar-refractivity contribution in [3.8, 4) is 0 Å². The molecule has 0 radical (unpaired) electrons. The molecule has 1 amide bonds. The molecule has 0 aliphatic carbocycles. The topological polar surface area (TPSA) is 57.6 Å². The smallest absolute Gasteiger partial charge is 0.326 e. The number of aryl methyl sites for hydroxylation is 1. The van der Waals surface area contributed by atoms with E-state index in [0.29, 0.717) is 18.5 Å². The van der Waals surface area contributed by atoms with Crippen LogP contribution in [0.4, 0.5) is 0 Å². The molecular formula is C15H19NO3. The lowest BCUT2D eigenvalue weighted by Gasteiger charge is -2.27. The molecule has 1 saturated heterocycles. The number of carboxylic acid groups (broad SMARTS) is 1. The molecule has 0 bridgehead atoms. The van der Waals surface area contributed by atoms with Crippen LogP contribution < -0.4 is 0 Å². The van der Waals surface area contributed by atoms with Crippen LogP contribution in [0.1, 0.15) is 41.6 Å². The molecule has 1 N–H and O–H groups in total. The fraction of sp³-hybridized carbons (Fsp3) is 0.467. The Hall–Kier alpha value is -1.84. The molecule has 1 atom stereocenters. The van der Waals surface area contributed by atoms with Crippen molar-refractivity contribution in [1.29, 1.82) is 0 Å². The number of carbonyl (C=O) groups excluding carboxylic acids is 1. The molecule has 102 valence electrons. The van der Waals surface area contributed by atoms with Crippen molar-refractivity contribution >= 4 is 11.9 Å². The summed E-state index contributed by atoms with van der Waals surface area (Å²) in [5.74, 6) is -1.06. The van der Waals surface area contributed by atoms with Crippen LogP contribution >= 0.6 is 0 Å². The van der Waals surface area contributed by atoms with Gasteiger partial charge in [0.25, 0.3) is 5.91 Å². The molecule has 2 rings (SSSR count). The molecular weight excluding hydrogens is 242 g/mol. The lowest BCUT2D eigenvalue weighted by molar-refractivity contribution is -0.142. The standard InChI is InChI=1S/C15H19NO3/c1-11-7-4-5-8-12(11)14(17)16-10-6-2-3-9-13(16)15(18)19/h4-5,7-8,13H,2-3,6,9-10H2,1H3,(H,18,19). The highest BCUT2D eigenvalue weighted by Crippen LogP contribution is 2.20. The maximum atomic E-state index is 12.6. The van der Waals surface area contributed by atoms with E-state index in [1.54, 1.807) is 6.07 Å². The molecule has 1 aliphatic rings. The van der Waals surface area contributed by atoms with E-state index in [-0.39, 0.29) is 5.91 Å². The van der Waals surface area contributed by atoms with Crippen LogP contribution in [0.2, 0.25) is 0 Å². The number of benzene rings is 1. The average Bonchev–Trinajstić information content (AvgIpc) is 2.64. The molecule has 1 fully saturated rings. The van der Waals surface area contributed by atoms with E-state index in [1.807, 2.05) is 25.1 Å². The number of hydrogen-bond donors (Lipinski definition) is 1. The molecule has 19 heavy (non-hydrogen) atoms.